The quantitative estimate of drug-likeness (QED) is 0.871. The topological polar surface area (TPSA) is 12.0 Å². The molecule has 100 valence electrons. The minimum Gasteiger partial charge on any atom is -0.313 e. The predicted octanol–water partition coefficient (Wildman–Crippen LogP) is 4.57. The first-order valence-electron chi connectivity index (χ1n) is 6.59. The van der Waals surface area contributed by atoms with Crippen LogP contribution in [0, 0.1) is 13.8 Å². The Morgan fingerprint density at radius 1 is 1.05 bits per heavy atom. The van der Waals surface area contributed by atoms with Crippen LogP contribution in [0.3, 0.4) is 0 Å². The molecular weight excluding hydrogens is 298 g/mol. The largest absolute Gasteiger partial charge is 0.313 e. The summed E-state index contributed by atoms with van der Waals surface area (Å²) in [7, 11) is 2.03. The summed E-state index contributed by atoms with van der Waals surface area (Å²) in [5, 5.41) is 3.44. The van der Waals surface area contributed by atoms with Crippen molar-refractivity contribution in [3.05, 3.63) is 69.2 Å². The molecule has 2 heteroatoms. The molecule has 2 aromatic carbocycles. The Morgan fingerprint density at radius 2 is 1.74 bits per heavy atom. The van der Waals surface area contributed by atoms with E-state index in [1.54, 1.807) is 0 Å². The minimum absolute atomic E-state index is 0.362. The van der Waals surface area contributed by atoms with Gasteiger partial charge >= 0.3 is 0 Å². The molecular formula is C17H20BrN. The lowest BCUT2D eigenvalue weighted by molar-refractivity contribution is 0.588. The SMILES string of the molecule is CNC(Cc1ccc(Br)cc1)c1cccc(C)c1C. The number of likely N-dealkylation sites (N-methyl/N-ethyl adjacent to an activating group) is 1. The third-order valence-corrected chi connectivity index (χ3v) is 4.25. The Morgan fingerprint density at radius 3 is 2.37 bits per heavy atom. The molecule has 1 unspecified atom stereocenters. The number of benzene rings is 2. The summed E-state index contributed by atoms with van der Waals surface area (Å²) in [4.78, 5) is 0. The van der Waals surface area contributed by atoms with E-state index in [0.717, 1.165) is 10.9 Å². The van der Waals surface area contributed by atoms with Crippen LogP contribution >= 0.6 is 15.9 Å². The fourth-order valence-electron chi connectivity index (χ4n) is 2.38. The van der Waals surface area contributed by atoms with Crippen molar-refractivity contribution in [2.24, 2.45) is 0 Å². The lowest BCUT2D eigenvalue weighted by atomic mass is 9.93. The number of hydrogen-bond donors (Lipinski definition) is 1. The van der Waals surface area contributed by atoms with Crippen LogP contribution in [0.5, 0.6) is 0 Å². The fourth-order valence-corrected chi connectivity index (χ4v) is 2.64. The molecule has 0 aliphatic carbocycles. The Bertz CT molecular complexity index is 546. The Kier molecular flexibility index (Phi) is 4.78. The maximum atomic E-state index is 3.48. The smallest absolute Gasteiger partial charge is 0.0361 e. The lowest BCUT2D eigenvalue weighted by Gasteiger charge is -2.20. The maximum absolute atomic E-state index is 3.48. The molecule has 1 atom stereocenters. The zero-order chi connectivity index (χ0) is 13.8. The van der Waals surface area contributed by atoms with E-state index in [-0.39, 0.29) is 0 Å². The number of rotatable bonds is 4. The van der Waals surface area contributed by atoms with Crippen LogP contribution in [0.1, 0.15) is 28.3 Å². The van der Waals surface area contributed by atoms with Crippen LogP contribution in [0.15, 0.2) is 46.9 Å². The Hall–Kier alpha value is -1.12. The molecule has 0 radical (unpaired) electrons. The van der Waals surface area contributed by atoms with E-state index >= 15 is 0 Å². The van der Waals surface area contributed by atoms with Gasteiger partial charge < -0.3 is 5.32 Å². The third kappa shape index (κ3) is 3.46. The summed E-state index contributed by atoms with van der Waals surface area (Å²) in [6.45, 7) is 4.38. The van der Waals surface area contributed by atoms with Crippen LogP contribution in [0.2, 0.25) is 0 Å². The van der Waals surface area contributed by atoms with E-state index in [9.17, 15) is 0 Å². The number of nitrogens with one attached hydrogen (secondary N) is 1. The van der Waals surface area contributed by atoms with Gasteiger partial charge in [0.25, 0.3) is 0 Å². The van der Waals surface area contributed by atoms with Gasteiger partial charge in [-0.1, -0.05) is 46.3 Å². The molecule has 2 rings (SSSR count). The van der Waals surface area contributed by atoms with Gasteiger partial charge in [0.15, 0.2) is 0 Å². The normalized spacial score (nSPS) is 12.4. The first-order chi connectivity index (χ1) is 9.11. The highest BCUT2D eigenvalue weighted by molar-refractivity contribution is 9.10. The summed E-state index contributed by atoms with van der Waals surface area (Å²) in [5.41, 5.74) is 5.49. The zero-order valence-corrected chi connectivity index (χ0v) is 13.3. The molecule has 0 heterocycles. The number of hydrogen-bond acceptors (Lipinski definition) is 1. The van der Waals surface area contributed by atoms with Gasteiger partial charge in [-0.25, -0.2) is 0 Å². The van der Waals surface area contributed by atoms with E-state index in [4.69, 9.17) is 0 Å². The Balaban J connectivity index is 2.25. The molecule has 0 aliphatic rings. The predicted molar refractivity (Wildman–Crippen MR) is 85.6 cm³/mol. The highest BCUT2D eigenvalue weighted by atomic mass is 79.9. The zero-order valence-electron chi connectivity index (χ0n) is 11.7. The second kappa shape index (κ2) is 6.36. The average Bonchev–Trinajstić information content (AvgIpc) is 2.42. The van der Waals surface area contributed by atoms with Gasteiger partial charge in [0.2, 0.25) is 0 Å². The monoisotopic (exact) mass is 317 g/mol. The summed E-state index contributed by atoms with van der Waals surface area (Å²) in [6, 6.07) is 15.5. The van der Waals surface area contributed by atoms with Crippen molar-refractivity contribution in [1.29, 1.82) is 0 Å². The summed E-state index contributed by atoms with van der Waals surface area (Å²) >= 11 is 3.48. The second-order valence-electron chi connectivity index (χ2n) is 4.96. The van der Waals surface area contributed by atoms with Crippen molar-refractivity contribution in [2.45, 2.75) is 26.3 Å². The lowest BCUT2D eigenvalue weighted by Crippen LogP contribution is -2.20. The molecule has 0 saturated heterocycles. The molecule has 19 heavy (non-hydrogen) atoms. The van der Waals surface area contributed by atoms with Gasteiger partial charge in [-0.3, -0.25) is 0 Å². The highest BCUT2D eigenvalue weighted by Crippen LogP contribution is 2.24. The van der Waals surface area contributed by atoms with E-state index in [1.807, 2.05) is 7.05 Å². The van der Waals surface area contributed by atoms with E-state index in [0.29, 0.717) is 6.04 Å². The van der Waals surface area contributed by atoms with Crippen molar-refractivity contribution < 1.29 is 0 Å². The van der Waals surface area contributed by atoms with Gasteiger partial charge in [-0.05, 0) is 61.7 Å². The van der Waals surface area contributed by atoms with Gasteiger partial charge in [0.05, 0.1) is 0 Å². The van der Waals surface area contributed by atoms with Gasteiger partial charge in [0, 0.05) is 10.5 Å². The summed E-state index contributed by atoms with van der Waals surface area (Å²) in [6.07, 6.45) is 1.01. The molecule has 0 aliphatic heterocycles. The van der Waals surface area contributed by atoms with Gasteiger partial charge in [0.1, 0.15) is 0 Å². The first-order valence-corrected chi connectivity index (χ1v) is 7.39. The number of halogens is 1. The standard InChI is InChI=1S/C17H20BrN/c1-12-5-4-6-16(13(12)2)17(19-3)11-14-7-9-15(18)10-8-14/h4-10,17,19H,11H2,1-3H3. The highest BCUT2D eigenvalue weighted by Gasteiger charge is 2.13. The molecule has 0 bridgehead atoms. The molecule has 0 fully saturated rings. The van der Waals surface area contributed by atoms with Crippen molar-refractivity contribution in [2.75, 3.05) is 7.05 Å². The fraction of sp³-hybridized carbons (Fsp3) is 0.294. The van der Waals surface area contributed by atoms with Gasteiger partial charge in [-0.15, -0.1) is 0 Å². The van der Waals surface area contributed by atoms with Crippen LogP contribution < -0.4 is 5.32 Å². The van der Waals surface area contributed by atoms with Crippen LogP contribution in [0.25, 0.3) is 0 Å². The first kappa shape index (κ1) is 14.3. The van der Waals surface area contributed by atoms with Crippen molar-refractivity contribution in [3.63, 3.8) is 0 Å². The van der Waals surface area contributed by atoms with E-state index in [1.165, 1.54) is 22.3 Å². The van der Waals surface area contributed by atoms with Crippen LogP contribution in [-0.4, -0.2) is 7.05 Å². The van der Waals surface area contributed by atoms with E-state index in [2.05, 4.69) is 77.6 Å². The third-order valence-electron chi connectivity index (χ3n) is 3.72. The molecule has 2 aromatic rings. The van der Waals surface area contributed by atoms with E-state index < -0.39 is 0 Å². The van der Waals surface area contributed by atoms with Crippen LogP contribution in [0.4, 0.5) is 0 Å². The van der Waals surface area contributed by atoms with Crippen molar-refractivity contribution >= 4 is 15.9 Å². The average molecular weight is 318 g/mol. The second-order valence-corrected chi connectivity index (χ2v) is 5.88. The number of aryl methyl sites for hydroxylation is 1. The maximum Gasteiger partial charge on any atom is 0.0361 e. The molecule has 0 aromatic heterocycles. The molecule has 0 saturated carbocycles. The van der Waals surface area contributed by atoms with Crippen molar-refractivity contribution in [1.82, 2.24) is 5.32 Å². The van der Waals surface area contributed by atoms with Gasteiger partial charge in [-0.2, -0.15) is 0 Å². The molecule has 1 N–H and O–H groups in total. The minimum atomic E-state index is 0.362. The summed E-state index contributed by atoms with van der Waals surface area (Å²) in [5.74, 6) is 0. The summed E-state index contributed by atoms with van der Waals surface area (Å²) < 4.78 is 1.13. The molecule has 0 spiro atoms. The molecule has 0 amide bonds. The molecule has 1 nitrogen and oxygen atoms in total. The van der Waals surface area contributed by atoms with Crippen molar-refractivity contribution in [3.8, 4) is 0 Å². The van der Waals surface area contributed by atoms with Crippen LogP contribution in [-0.2, 0) is 6.42 Å². The Labute approximate surface area is 124 Å².